The number of guanidine groups is 1. The lowest BCUT2D eigenvalue weighted by Crippen LogP contribution is -2.39. The fourth-order valence-electron chi connectivity index (χ4n) is 3.09. The van der Waals surface area contributed by atoms with E-state index in [-0.39, 0.29) is 0 Å². The number of ether oxygens (including phenoxy) is 1. The number of hydrogen-bond donors (Lipinski definition) is 2. The fourth-order valence-corrected chi connectivity index (χ4v) is 3.09. The second-order valence-corrected chi connectivity index (χ2v) is 6.78. The van der Waals surface area contributed by atoms with E-state index >= 15 is 0 Å². The van der Waals surface area contributed by atoms with Crippen LogP contribution in [0.2, 0.25) is 0 Å². The monoisotopic (exact) mass is 361 g/mol. The van der Waals surface area contributed by atoms with Gasteiger partial charge in [-0.05, 0) is 57.6 Å². The molecule has 1 saturated heterocycles. The summed E-state index contributed by atoms with van der Waals surface area (Å²) in [4.78, 5) is 9.67. The third-order valence-electron chi connectivity index (χ3n) is 4.71. The minimum atomic E-state index is 0.835. The molecule has 1 heterocycles. The molecule has 0 saturated carbocycles. The first-order chi connectivity index (χ1) is 12.7. The molecule has 0 radical (unpaired) electrons. The molecule has 1 aliphatic rings. The third kappa shape index (κ3) is 7.62. The van der Waals surface area contributed by atoms with Gasteiger partial charge in [0.25, 0.3) is 0 Å². The summed E-state index contributed by atoms with van der Waals surface area (Å²) < 4.78 is 5.20. The predicted octanol–water partition coefficient (Wildman–Crippen LogP) is 1.43. The molecular weight excluding hydrogens is 326 g/mol. The van der Waals surface area contributed by atoms with Crippen LogP contribution in [0.3, 0.4) is 0 Å². The van der Waals surface area contributed by atoms with Gasteiger partial charge < -0.3 is 25.2 Å². The lowest BCUT2D eigenvalue weighted by Gasteiger charge is -2.19. The van der Waals surface area contributed by atoms with Crippen molar-refractivity contribution in [2.24, 2.45) is 4.99 Å². The summed E-state index contributed by atoms with van der Waals surface area (Å²) in [6, 6.07) is 8.24. The summed E-state index contributed by atoms with van der Waals surface area (Å²) in [5.74, 6) is 1.81. The highest BCUT2D eigenvalue weighted by Crippen LogP contribution is 2.11. The molecule has 0 aromatic heterocycles. The van der Waals surface area contributed by atoms with E-state index in [2.05, 4.69) is 46.5 Å². The van der Waals surface area contributed by atoms with Crippen LogP contribution in [0.5, 0.6) is 5.75 Å². The number of likely N-dealkylation sites (N-methyl/N-ethyl adjacent to an activating group) is 1. The van der Waals surface area contributed by atoms with Crippen molar-refractivity contribution >= 4 is 5.96 Å². The highest BCUT2D eigenvalue weighted by molar-refractivity contribution is 5.79. The summed E-state index contributed by atoms with van der Waals surface area (Å²) in [6.45, 7) is 10.4. The molecule has 26 heavy (non-hydrogen) atoms. The van der Waals surface area contributed by atoms with Crippen LogP contribution in [0.15, 0.2) is 29.3 Å². The van der Waals surface area contributed by atoms with Gasteiger partial charge in [0.05, 0.1) is 13.7 Å². The number of rotatable bonds is 8. The molecule has 0 atom stereocenters. The van der Waals surface area contributed by atoms with Gasteiger partial charge in [-0.2, -0.15) is 0 Å². The van der Waals surface area contributed by atoms with Gasteiger partial charge in [0.15, 0.2) is 5.96 Å². The molecule has 2 rings (SSSR count). The normalized spacial score (nSPS) is 17.0. The van der Waals surface area contributed by atoms with Crippen LogP contribution in [0.4, 0.5) is 0 Å². The van der Waals surface area contributed by atoms with Gasteiger partial charge in [0.1, 0.15) is 5.75 Å². The fraction of sp³-hybridized carbons (Fsp3) is 0.650. The topological polar surface area (TPSA) is 52.1 Å². The van der Waals surface area contributed by atoms with Crippen molar-refractivity contribution in [3.63, 3.8) is 0 Å². The Balaban J connectivity index is 1.72. The van der Waals surface area contributed by atoms with Crippen LogP contribution in [0.25, 0.3) is 0 Å². The standard InChI is InChI=1S/C20H35N5O/c1-4-21-20(22-11-10-18-6-8-19(26-3)9-7-18)23-12-15-25-14-5-13-24(2)16-17-25/h6-9H,4-5,10-17H2,1-3H3,(H2,21,22,23). The number of aliphatic imine (C=N–C) groups is 1. The van der Waals surface area contributed by atoms with Gasteiger partial charge >= 0.3 is 0 Å². The Labute approximate surface area is 158 Å². The lowest BCUT2D eigenvalue weighted by molar-refractivity contribution is 0.283. The Kier molecular flexibility index (Phi) is 9.28. The molecule has 1 aromatic carbocycles. The Morgan fingerprint density at radius 3 is 2.65 bits per heavy atom. The summed E-state index contributed by atoms with van der Waals surface area (Å²) in [7, 11) is 3.90. The van der Waals surface area contributed by atoms with Gasteiger partial charge in [0, 0.05) is 32.7 Å². The maximum atomic E-state index is 5.20. The molecular formula is C20H35N5O. The minimum absolute atomic E-state index is 0.835. The number of methoxy groups -OCH3 is 1. The van der Waals surface area contributed by atoms with E-state index in [9.17, 15) is 0 Å². The Bertz CT molecular complexity index is 532. The molecule has 0 aliphatic carbocycles. The van der Waals surface area contributed by atoms with Gasteiger partial charge in [-0.25, -0.2) is 0 Å². The lowest BCUT2D eigenvalue weighted by atomic mass is 10.1. The molecule has 6 heteroatoms. The SMILES string of the molecule is CCNC(=NCCN1CCCN(C)CC1)NCCc1ccc(OC)cc1. The first kappa shape index (κ1) is 20.5. The molecule has 1 fully saturated rings. The van der Waals surface area contributed by atoms with Crippen LogP contribution in [-0.4, -0.2) is 82.3 Å². The van der Waals surface area contributed by atoms with Crippen molar-refractivity contribution in [1.82, 2.24) is 20.4 Å². The Morgan fingerprint density at radius 2 is 1.92 bits per heavy atom. The maximum Gasteiger partial charge on any atom is 0.191 e. The van der Waals surface area contributed by atoms with Crippen molar-refractivity contribution in [2.45, 2.75) is 19.8 Å². The van der Waals surface area contributed by atoms with Crippen LogP contribution < -0.4 is 15.4 Å². The van der Waals surface area contributed by atoms with Crippen molar-refractivity contribution in [1.29, 1.82) is 0 Å². The zero-order chi connectivity index (χ0) is 18.6. The molecule has 0 unspecified atom stereocenters. The van der Waals surface area contributed by atoms with E-state index in [0.29, 0.717) is 0 Å². The van der Waals surface area contributed by atoms with E-state index in [1.807, 2.05) is 12.1 Å². The smallest absolute Gasteiger partial charge is 0.191 e. The average Bonchev–Trinajstić information content (AvgIpc) is 2.86. The quantitative estimate of drug-likeness (QED) is 0.542. The van der Waals surface area contributed by atoms with E-state index in [4.69, 9.17) is 9.73 Å². The zero-order valence-corrected chi connectivity index (χ0v) is 16.6. The van der Waals surface area contributed by atoms with E-state index in [1.54, 1.807) is 7.11 Å². The minimum Gasteiger partial charge on any atom is -0.497 e. The highest BCUT2D eigenvalue weighted by Gasteiger charge is 2.11. The molecule has 146 valence electrons. The summed E-state index contributed by atoms with van der Waals surface area (Å²) >= 11 is 0. The largest absolute Gasteiger partial charge is 0.497 e. The van der Waals surface area contributed by atoms with Crippen LogP contribution in [0, 0.1) is 0 Å². The second kappa shape index (κ2) is 11.8. The van der Waals surface area contributed by atoms with Crippen molar-refractivity contribution < 1.29 is 4.74 Å². The molecule has 0 bridgehead atoms. The van der Waals surface area contributed by atoms with Gasteiger partial charge in [-0.3, -0.25) is 4.99 Å². The van der Waals surface area contributed by atoms with Crippen molar-refractivity contribution in [2.75, 3.05) is 66.5 Å². The van der Waals surface area contributed by atoms with Crippen molar-refractivity contribution in [3.05, 3.63) is 29.8 Å². The van der Waals surface area contributed by atoms with Crippen LogP contribution in [-0.2, 0) is 6.42 Å². The summed E-state index contributed by atoms with van der Waals surface area (Å²) in [5.41, 5.74) is 1.29. The summed E-state index contributed by atoms with van der Waals surface area (Å²) in [5, 5.41) is 6.77. The van der Waals surface area contributed by atoms with E-state index in [1.165, 1.54) is 25.1 Å². The number of benzene rings is 1. The van der Waals surface area contributed by atoms with Gasteiger partial charge in [-0.1, -0.05) is 12.1 Å². The first-order valence-electron chi connectivity index (χ1n) is 9.77. The van der Waals surface area contributed by atoms with Gasteiger partial charge in [-0.15, -0.1) is 0 Å². The van der Waals surface area contributed by atoms with Crippen molar-refractivity contribution in [3.8, 4) is 5.75 Å². The van der Waals surface area contributed by atoms with E-state index in [0.717, 1.165) is 57.4 Å². The summed E-state index contributed by atoms with van der Waals surface area (Å²) in [6.07, 6.45) is 2.22. The molecule has 2 N–H and O–H groups in total. The third-order valence-corrected chi connectivity index (χ3v) is 4.71. The molecule has 1 aliphatic heterocycles. The zero-order valence-electron chi connectivity index (χ0n) is 16.6. The molecule has 6 nitrogen and oxygen atoms in total. The second-order valence-electron chi connectivity index (χ2n) is 6.78. The van der Waals surface area contributed by atoms with Crippen LogP contribution in [0.1, 0.15) is 18.9 Å². The van der Waals surface area contributed by atoms with E-state index < -0.39 is 0 Å². The number of nitrogens with one attached hydrogen (secondary N) is 2. The first-order valence-corrected chi connectivity index (χ1v) is 9.77. The predicted molar refractivity (Wildman–Crippen MR) is 109 cm³/mol. The highest BCUT2D eigenvalue weighted by atomic mass is 16.5. The molecule has 0 spiro atoms. The molecule has 1 aromatic rings. The van der Waals surface area contributed by atoms with Gasteiger partial charge in [0.2, 0.25) is 0 Å². The Hall–Kier alpha value is -1.79. The molecule has 0 amide bonds. The average molecular weight is 362 g/mol. The number of nitrogens with zero attached hydrogens (tertiary/aromatic N) is 3. The Morgan fingerprint density at radius 1 is 1.12 bits per heavy atom. The maximum absolute atomic E-state index is 5.20. The van der Waals surface area contributed by atoms with Crippen LogP contribution >= 0.6 is 0 Å². The number of hydrogen-bond acceptors (Lipinski definition) is 4.